The molecule has 3 rings (SSSR count). The molecule has 0 aromatic heterocycles. The summed E-state index contributed by atoms with van der Waals surface area (Å²) in [5.74, 6) is 0.927. The second-order valence-corrected chi connectivity index (χ2v) is 9.04. The molecule has 0 saturated carbocycles. The quantitative estimate of drug-likeness (QED) is 0.598. The van der Waals surface area contributed by atoms with E-state index in [-0.39, 0.29) is 5.41 Å². The first kappa shape index (κ1) is 19.2. The van der Waals surface area contributed by atoms with Gasteiger partial charge in [0.25, 0.3) is 0 Å². The number of piperidine rings is 1. The lowest BCUT2D eigenvalue weighted by atomic mass is 9.86. The van der Waals surface area contributed by atoms with Gasteiger partial charge in [0.15, 0.2) is 0 Å². The lowest BCUT2D eigenvalue weighted by molar-refractivity contribution is 0.171. The first-order chi connectivity index (χ1) is 12.5. The van der Waals surface area contributed by atoms with Crippen molar-refractivity contribution in [2.45, 2.75) is 64.8 Å². The molecule has 2 aromatic rings. The molecule has 1 heteroatoms. The summed E-state index contributed by atoms with van der Waals surface area (Å²) < 4.78 is 0. The zero-order valence-electron chi connectivity index (χ0n) is 16.9. The predicted molar refractivity (Wildman–Crippen MR) is 113 cm³/mol. The van der Waals surface area contributed by atoms with Crippen LogP contribution in [0.3, 0.4) is 0 Å². The topological polar surface area (TPSA) is 3.24 Å². The summed E-state index contributed by atoms with van der Waals surface area (Å²) in [7, 11) is 0. The Labute approximate surface area is 160 Å². The van der Waals surface area contributed by atoms with E-state index in [0.717, 1.165) is 12.5 Å². The fourth-order valence-electron chi connectivity index (χ4n) is 4.04. The van der Waals surface area contributed by atoms with E-state index in [1.807, 2.05) is 0 Å². The highest BCUT2D eigenvalue weighted by molar-refractivity contribution is 5.27. The van der Waals surface area contributed by atoms with Crippen molar-refractivity contribution in [2.75, 3.05) is 13.1 Å². The van der Waals surface area contributed by atoms with E-state index < -0.39 is 0 Å². The van der Waals surface area contributed by atoms with Crippen LogP contribution in [0.4, 0.5) is 0 Å². The van der Waals surface area contributed by atoms with Gasteiger partial charge in [-0.05, 0) is 66.8 Å². The van der Waals surface area contributed by atoms with Crippen molar-refractivity contribution in [3.05, 3.63) is 71.3 Å². The maximum absolute atomic E-state index is 2.62. The Kier molecular flexibility index (Phi) is 6.53. The molecule has 140 valence electrons. The van der Waals surface area contributed by atoms with Crippen molar-refractivity contribution >= 4 is 0 Å². The molecule has 0 bridgehead atoms. The fraction of sp³-hybridized carbons (Fsp3) is 0.520. The lowest BCUT2D eigenvalue weighted by Gasteiger charge is -2.32. The van der Waals surface area contributed by atoms with Gasteiger partial charge in [-0.15, -0.1) is 0 Å². The Morgan fingerprint density at radius 2 is 1.50 bits per heavy atom. The molecular weight excluding hydrogens is 314 g/mol. The van der Waals surface area contributed by atoms with Crippen LogP contribution >= 0.6 is 0 Å². The molecule has 0 N–H and O–H groups in total. The summed E-state index contributed by atoms with van der Waals surface area (Å²) >= 11 is 0. The summed E-state index contributed by atoms with van der Waals surface area (Å²) in [6.45, 7) is 10.5. The van der Waals surface area contributed by atoms with Gasteiger partial charge in [0.05, 0.1) is 0 Å². The maximum atomic E-state index is 2.62. The highest BCUT2D eigenvalue weighted by Crippen LogP contribution is 2.25. The summed E-state index contributed by atoms with van der Waals surface area (Å²) in [5.41, 5.74) is 4.64. The van der Waals surface area contributed by atoms with Gasteiger partial charge in [-0.1, -0.05) is 81.8 Å². The van der Waals surface area contributed by atoms with Crippen LogP contribution in [0.25, 0.3) is 0 Å². The van der Waals surface area contributed by atoms with Crippen LogP contribution in [0.5, 0.6) is 0 Å². The molecule has 2 aromatic carbocycles. The third-order valence-corrected chi connectivity index (χ3v) is 5.85. The molecule has 1 nitrogen and oxygen atoms in total. The second-order valence-electron chi connectivity index (χ2n) is 9.04. The number of benzene rings is 2. The van der Waals surface area contributed by atoms with Crippen molar-refractivity contribution in [1.29, 1.82) is 0 Å². The first-order valence-electron chi connectivity index (χ1n) is 10.4. The van der Waals surface area contributed by atoms with E-state index in [0.29, 0.717) is 0 Å². The lowest BCUT2D eigenvalue weighted by Crippen LogP contribution is -2.33. The van der Waals surface area contributed by atoms with Gasteiger partial charge in [0, 0.05) is 6.54 Å². The number of hydrogen-bond donors (Lipinski definition) is 0. The molecular formula is C25H35N. The highest BCUT2D eigenvalue weighted by Gasteiger charge is 2.19. The maximum Gasteiger partial charge on any atom is 0.0233 e. The smallest absolute Gasteiger partial charge is 0.0233 e. The third-order valence-electron chi connectivity index (χ3n) is 5.85. The SMILES string of the molecule is CC(C)(C)c1ccc(CCCC2CCN(Cc3ccccc3)CC2)cc1. The van der Waals surface area contributed by atoms with Gasteiger partial charge in [-0.3, -0.25) is 4.90 Å². The van der Waals surface area contributed by atoms with E-state index in [1.165, 1.54) is 61.9 Å². The van der Waals surface area contributed by atoms with E-state index in [2.05, 4.69) is 80.3 Å². The van der Waals surface area contributed by atoms with Crippen LogP contribution in [-0.2, 0) is 18.4 Å². The Hall–Kier alpha value is -1.60. The second kappa shape index (κ2) is 8.86. The molecule has 1 aliphatic heterocycles. The van der Waals surface area contributed by atoms with Crippen molar-refractivity contribution in [1.82, 2.24) is 4.90 Å². The molecule has 0 atom stereocenters. The molecule has 0 unspecified atom stereocenters. The summed E-state index contributed by atoms with van der Waals surface area (Å²) in [4.78, 5) is 2.62. The Morgan fingerprint density at radius 3 is 2.12 bits per heavy atom. The molecule has 1 saturated heterocycles. The fourth-order valence-corrected chi connectivity index (χ4v) is 4.04. The minimum Gasteiger partial charge on any atom is -0.299 e. The van der Waals surface area contributed by atoms with E-state index in [9.17, 15) is 0 Å². The Balaban J connectivity index is 1.36. The van der Waals surface area contributed by atoms with Crippen molar-refractivity contribution < 1.29 is 0 Å². The third kappa shape index (κ3) is 5.71. The average molecular weight is 350 g/mol. The van der Waals surface area contributed by atoms with Crippen LogP contribution in [0, 0.1) is 5.92 Å². The summed E-state index contributed by atoms with van der Waals surface area (Å²) in [5, 5.41) is 0. The van der Waals surface area contributed by atoms with Crippen LogP contribution in [0.2, 0.25) is 0 Å². The van der Waals surface area contributed by atoms with Gasteiger partial charge in [0.2, 0.25) is 0 Å². The van der Waals surface area contributed by atoms with Gasteiger partial charge in [-0.25, -0.2) is 0 Å². The zero-order chi connectivity index (χ0) is 18.4. The largest absolute Gasteiger partial charge is 0.299 e. The Bertz CT molecular complexity index is 643. The van der Waals surface area contributed by atoms with Crippen molar-refractivity contribution in [3.8, 4) is 0 Å². The molecule has 1 fully saturated rings. The van der Waals surface area contributed by atoms with E-state index in [4.69, 9.17) is 0 Å². The van der Waals surface area contributed by atoms with Crippen molar-refractivity contribution in [2.24, 2.45) is 5.92 Å². The normalized spacial score (nSPS) is 16.7. The predicted octanol–water partition coefficient (Wildman–Crippen LogP) is 6.22. The molecule has 0 aliphatic carbocycles. The van der Waals surface area contributed by atoms with Crippen LogP contribution in [0.15, 0.2) is 54.6 Å². The standard InChI is InChI=1S/C25H35N/c1-25(2,3)24-14-12-21(13-15-24)10-7-11-22-16-18-26(19-17-22)20-23-8-5-4-6-9-23/h4-6,8-9,12-15,22H,7,10-11,16-20H2,1-3H3. The van der Waals surface area contributed by atoms with Crippen molar-refractivity contribution in [3.63, 3.8) is 0 Å². The van der Waals surface area contributed by atoms with Gasteiger partial charge in [0.1, 0.15) is 0 Å². The zero-order valence-corrected chi connectivity index (χ0v) is 16.9. The average Bonchev–Trinajstić information content (AvgIpc) is 2.64. The highest BCUT2D eigenvalue weighted by atomic mass is 15.1. The minimum absolute atomic E-state index is 0.256. The molecule has 1 heterocycles. The molecule has 0 spiro atoms. The number of nitrogens with zero attached hydrogens (tertiary/aromatic N) is 1. The molecule has 1 aliphatic rings. The first-order valence-corrected chi connectivity index (χ1v) is 10.4. The number of aryl methyl sites for hydroxylation is 1. The number of likely N-dealkylation sites (tertiary alicyclic amines) is 1. The molecule has 26 heavy (non-hydrogen) atoms. The number of rotatable bonds is 6. The van der Waals surface area contributed by atoms with Crippen LogP contribution < -0.4 is 0 Å². The monoisotopic (exact) mass is 349 g/mol. The van der Waals surface area contributed by atoms with Crippen LogP contribution in [-0.4, -0.2) is 18.0 Å². The van der Waals surface area contributed by atoms with E-state index in [1.54, 1.807) is 0 Å². The minimum atomic E-state index is 0.256. The van der Waals surface area contributed by atoms with Gasteiger partial charge < -0.3 is 0 Å². The summed E-state index contributed by atoms with van der Waals surface area (Å²) in [6, 6.07) is 20.2. The molecule has 0 amide bonds. The Morgan fingerprint density at radius 1 is 0.846 bits per heavy atom. The molecule has 0 radical (unpaired) electrons. The van der Waals surface area contributed by atoms with E-state index >= 15 is 0 Å². The van der Waals surface area contributed by atoms with Gasteiger partial charge >= 0.3 is 0 Å². The summed E-state index contributed by atoms with van der Waals surface area (Å²) in [6.07, 6.45) is 6.69. The number of hydrogen-bond acceptors (Lipinski definition) is 1. The van der Waals surface area contributed by atoms with Crippen LogP contribution in [0.1, 0.15) is 63.1 Å². The van der Waals surface area contributed by atoms with Gasteiger partial charge in [-0.2, -0.15) is 0 Å².